The lowest BCUT2D eigenvalue weighted by Gasteiger charge is -2.19. The average Bonchev–Trinajstić information content (AvgIpc) is 3.12. The summed E-state index contributed by atoms with van der Waals surface area (Å²) >= 11 is 0. The number of anilines is 2. The van der Waals surface area contributed by atoms with Gasteiger partial charge in [0, 0.05) is 24.5 Å². The van der Waals surface area contributed by atoms with Crippen LogP contribution >= 0.6 is 0 Å². The lowest BCUT2D eigenvalue weighted by atomic mass is 10.1. The van der Waals surface area contributed by atoms with E-state index in [4.69, 9.17) is 4.74 Å². The lowest BCUT2D eigenvalue weighted by molar-refractivity contribution is -0.115. The van der Waals surface area contributed by atoms with Gasteiger partial charge in [0.25, 0.3) is 0 Å². The minimum absolute atomic E-state index is 0.00170. The highest BCUT2D eigenvalue weighted by Gasteiger charge is 2.14. The molecule has 126 valence electrons. The van der Waals surface area contributed by atoms with Crippen LogP contribution in [-0.4, -0.2) is 26.1 Å². The second kappa shape index (κ2) is 7.39. The Balaban J connectivity index is 1.67. The van der Waals surface area contributed by atoms with E-state index in [0.29, 0.717) is 6.42 Å². The smallest absolute Gasteiger partial charge is 0.228 e. The highest BCUT2D eigenvalue weighted by atomic mass is 16.5. The van der Waals surface area contributed by atoms with Crippen molar-refractivity contribution in [1.29, 1.82) is 0 Å². The number of nitrogens with zero attached hydrogens (tertiary/aromatic N) is 1. The van der Waals surface area contributed by atoms with E-state index in [2.05, 4.69) is 28.4 Å². The van der Waals surface area contributed by atoms with Crippen LogP contribution < -0.4 is 15.0 Å². The molecule has 3 rings (SSSR count). The molecule has 0 spiro atoms. The van der Waals surface area contributed by atoms with Crippen LogP contribution in [0.1, 0.15) is 24.0 Å². The van der Waals surface area contributed by atoms with Crippen molar-refractivity contribution in [3.63, 3.8) is 0 Å². The van der Waals surface area contributed by atoms with Gasteiger partial charge in [-0.25, -0.2) is 0 Å². The van der Waals surface area contributed by atoms with E-state index in [9.17, 15) is 4.79 Å². The van der Waals surface area contributed by atoms with Crippen LogP contribution in [-0.2, 0) is 11.2 Å². The van der Waals surface area contributed by atoms with Gasteiger partial charge >= 0.3 is 0 Å². The highest BCUT2D eigenvalue weighted by Crippen LogP contribution is 2.26. The third-order valence-corrected chi connectivity index (χ3v) is 4.49. The van der Waals surface area contributed by atoms with Crippen LogP contribution in [0, 0.1) is 6.92 Å². The molecule has 1 N–H and O–H groups in total. The minimum atomic E-state index is 0.00170. The molecule has 1 aliphatic rings. The molecule has 0 aromatic heterocycles. The summed E-state index contributed by atoms with van der Waals surface area (Å²) in [5.74, 6) is 0.801. The summed E-state index contributed by atoms with van der Waals surface area (Å²) in [4.78, 5) is 14.7. The summed E-state index contributed by atoms with van der Waals surface area (Å²) < 4.78 is 5.14. The molecular formula is C20H24N2O2. The quantitative estimate of drug-likeness (QED) is 0.910. The monoisotopic (exact) mass is 324 g/mol. The number of nitrogens with one attached hydrogen (secondary N) is 1. The molecular weight excluding hydrogens is 300 g/mol. The first-order chi connectivity index (χ1) is 11.7. The average molecular weight is 324 g/mol. The Hall–Kier alpha value is -2.49. The number of amides is 1. The fourth-order valence-electron chi connectivity index (χ4n) is 3.04. The van der Waals surface area contributed by atoms with Crippen LogP contribution in [0.5, 0.6) is 5.75 Å². The van der Waals surface area contributed by atoms with E-state index < -0.39 is 0 Å². The third kappa shape index (κ3) is 3.88. The molecule has 1 fully saturated rings. The Morgan fingerprint density at radius 3 is 2.50 bits per heavy atom. The topological polar surface area (TPSA) is 41.6 Å². The van der Waals surface area contributed by atoms with Crippen molar-refractivity contribution in [2.45, 2.75) is 26.2 Å². The molecule has 0 unspecified atom stereocenters. The number of carbonyl (C=O) groups excluding carboxylic acids is 1. The van der Waals surface area contributed by atoms with Crippen molar-refractivity contribution in [3.8, 4) is 5.75 Å². The van der Waals surface area contributed by atoms with E-state index >= 15 is 0 Å². The number of hydrogen-bond acceptors (Lipinski definition) is 3. The van der Waals surface area contributed by atoms with E-state index in [-0.39, 0.29) is 5.91 Å². The SMILES string of the molecule is COc1ccc(CC(=O)Nc2cc(N3CCCC3)ccc2C)cc1. The standard InChI is InChI=1S/C20H24N2O2/c1-15-5-8-17(22-11-3-4-12-22)14-19(15)21-20(23)13-16-6-9-18(24-2)10-7-16/h5-10,14H,3-4,11-13H2,1-2H3,(H,21,23). The molecule has 1 aliphatic heterocycles. The van der Waals surface area contributed by atoms with E-state index in [1.54, 1.807) is 7.11 Å². The van der Waals surface area contributed by atoms with Gasteiger partial charge < -0.3 is 15.0 Å². The molecule has 4 nitrogen and oxygen atoms in total. The molecule has 0 saturated carbocycles. The Kier molecular flexibility index (Phi) is 5.04. The first-order valence-electron chi connectivity index (χ1n) is 8.44. The van der Waals surface area contributed by atoms with Gasteiger partial charge in [0.2, 0.25) is 5.91 Å². The van der Waals surface area contributed by atoms with Crippen LogP contribution in [0.2, 0.25) is 0 Å². The van der Waals surface area contributed by atoms with Crippen LogP contribution in [0.25, 0.3) is 0 Å². The normalized spacial score (nSPS) is 13.8. The van der Waals surface area contributed by atoms with Crippen molar-refractivity contribution in [1.82, 2.24) is 0 Å². The van der Waals surface area contributed by atoms with E-state index in [1.165, 1.54) is 18.5 Å². The molecule has 1 amide bonds. The number of hydrogen-bond donors (Lipinski definition) is 1. The van der Waals surface area contributed by atoms with Crippen LogP contribution in [0.4, 0.5) is 11.4 Å². The maximum absolute atomic E-state index is 12.4. The molecule has 0 aliphatic carbocycles. The number of rotatable bonds is 5. The molecule has 0 radical (unpaired) electrons. The molecule has 2 aromatic carbocycles. The van der Waals surface area contributed by atoms with E-state index in [1.807, 2.05) is 31.2 Å². The van der Waals surface area contributed by atoms with Gasteiger partial charge in [-0.2, -0.15) is 0 Å². The zero-order valence-corrected chi connectivity index (χ0v) is 14.3. The number of methoxy groups -OCH3 is 1. The Bertz CT molecular complexity index is 704. The largest absolute Gasteiger partial charge is 0.497 e. The summed E-state index contributed by atoms with van der Waals surface area (Å²) in [7, 11) is 1.64. The van der Waals surface area contributed by atoms with Crippen LogP contribution in [0.15, 0.2) is 42.5 Å². The van der Waals surface area contributed by atoms with Crippen molar-refractivity contribution in [3.05, 3.63) is 53.6 Å². The van der Waals surface area contributed by atoms with Gasteiger partial charge in [-0.15, -0.1) is 0 Å². The number of carbonyl (C=O) groups is 1. The Labute approximate surface area is 143 Å². The first-order valence-corrected chi connectivity index (χ1v) is 8.44. The van der Waals surface area contributed by atoms with Crippen molar-refractivity contribution >= 4 is 17.3 Å². The molecule has 2 aromatic rings. The molecule has 0 atom stereocenters. The Morgan fingerprint density at radius 2 is 1.83 bits per heavy atom. The number of ether oxygens (including phenoxy) is 1. The predicted molar refractivity (Wildman–Crippen MR) is 98.0 cm³/mol. The molecule has 24 heavy (non-hydrogen) atoms. The summed E-state index contributed by atoms with van der Waals surface area (Å²) in [6.07, 6.45) is 2.84. The van der Waals surface area contributed by atoms with Gasteiger partial charge in [0.15, 0.2) is 0 Å². The minimum Gasteiger partial charge on any atom is -0.497 e. The summed E-state index contributed by atoms with van der Waals surface area (Å²) in [5, 5.41) is 3.05. The summed E-state index contributed by atoms with van der Waals surface area (Å²) in [5.41, 5.74) is 4.15. The second-order valence-electron chi connectivity index (χ2n) is 6.27. The van der Waals surface area contributed by atoms with Gasteiger partial charge in [0.05, 0.1) is 13.5 Å². The summed E-state index contributed by atoms with van der Waals surface area (Å²) in [6, 6.07) is 13.9. The summed E-state index contributed by atoms with van der Waals surface area (Å²) in [6.45, 7) is 4.22. The maximum atomic E-state index is 12.4. The van der Waals surface area contributed by atoms with Gasteiger partial charge in [0.1, 0.15) is 5.75 Å². The zero-order chi connectivity index (χ0) is 16.9. The van der Waals surface area contributed by atoms with Crippen molar-refractivity contribution in [2.75, 3.05) is 30.4 Å². The van der Waals surface area contributed by atoms with E-state index in [0.717, 1.165) is 35.7 Å². The number of benzene rings is 2. The van der Waals surface area contributed by atoms with Gasteiger partial charge in [-0.3, -0.25) is 4.79 Å². The second-order valence-corrected chi connectivity index (χ2v) is 6.27. The third-order valence-electron chi connectivity index (χ3n) is 4.49. The first kappa shape index (κ1) is 16.4. The van der Waals surface area contributed by atoms with Crippen molar-refractivity contribution < 1.29 is 9.53 Å². The highest BCUT2D eigenvalue weighted by molar-refractivity contribution is 5.93. The lowest BCUT2D eigenvalue weighted by Crippen LogP contribution is -2.19. The maximum Gasteiger partial charge on any atom is 0.228 e. The Morgan fingerprint density at radius 1 is 1.12 bits per heavy atom. The molecule has 0 bridgehead atoms. The van der Waals surface area contributed by atoms with Gasteiger partial charge in [-0.1, -0.05) is 18.2 Å². The molecule has 4 heteroatoms. The van der Waals surface area contributed by atoms with Crippen LogP contribution in [0.3, 0.4) is 0 Å². The molecule has 1 saturated heterocycles. The fraction of sp³-hybridized carbons (Fsp3) is 0.350. The van der Waals surface area contributed by atoms with Crippen molar-refractivity contribution in [2.24, 2.45) is 0 Å². The van der Waals surface area contributed by atoms with Gasteiger partial charge in [-0.05, 0) is 55.2 Å². The fourth-order valence-corrected chi connectivity index (χ4v) is 3.04. The number of aryl methyl sites for hydroxylation is 1. The zero-order valence-electron chi connectivity index (χ0n) is 14.3. The molecule has 1 heterocycles. The predicted octanol–water partition coefficient (Wildman–Crippen LogP) is 3.79.